The van der Waals surface area contributed by atoms with E-state index in [1.165, 1.54) is 0 Å². The maximum Gasteiger partial charge on any atom is 0.253 e. The van der Waals surface area contributed by atoms with Crippen molar-refractivity contribution in [3.63, 3.8) is 0 Å². The molecular formula is C22H24N2O3. The van der Waals surface area contributed by atoms with E-state index in [4.69, 9.17) is 4.74 Å². The minimum Gasteiger partial charge on any atom is -0.489 e. The highest BCUT2D eigenvalue weighted by Crippen LogP contribution is 2.23. The molecule has 0 radical (unpaired) electrons. The fourth-order valence-corrected chi connectivity index (χ4v) is 3.80. The molecular weight excluding hydrogens is 340 g/mol. The number of carbonyl (C=O) groups is 2. The second-order valence-electron chi connectivity index (χ2n) is 7.14. The van der Waals surface area contributed by atoms with Crippen LogP contribution in [0.25, 0.3) is 0 Å². The molecule has 0 spiro atoms. The lowest BCUT2D eigenvalue weighted by Crippen LogP contribution is -2.44. The molecule has 2 aliphatic heterocycles. The van der Waals surface area contributed by atoms with Crippen LogP contribution in [0.3, 0.4) is 0 Å². The summed E-state index contributed by atoms with van der Waals surface area (Å²) < 4.78 is 6.03. The van der Waals surface area contributed by atoms with E-state index in [1.54, 1.807) is 4.90 Å². The molecule has 4 rings (SSSR count). The van der Waals surface area contributed by atoms with E-state index in [9.17, 15) is 9.59 Å². The molecule has 5 nitrogen and oxygen atoms in total. The highest BCUT2D eigenvalue weighted by atomic mass is 16.5. The number of hydrogen-bond acceptors (Lipinski definition) is 3. The molecule has 2 fully saturated rings. The average molecular weight is 364 g/mol. The van der Waals surface area contributed by atoms with Gasteiger partial charge in [-0.1, -0.05) is 18.2 Å². The first kappa shape index (κ1) is 17.6. The SMILES string of the molecule is O=C(c1ccc(N2CCCC2=O)cc1)N1CCCC(Oc2ccccc2)C1. The van der Waals surface area contributed by atoms with Gasteiger partial charge in [0.15, 0.2) is 0 Å². The van der Waals surface area contributed by atoms with Gasteiger partial charge in [-0.3, -0.25) is 9.59 Å². The van der Waals surface area contributed by atoms with Gasteiger partial charge >= 0.3 is 0 Å². The van der Waals surface area contributed by atoms with Crippen molar-refractivity contribution >= 4 is 17.5 Å². The lowest BCUT2D eigenvalue weighted by molar-refractivity contribution is -0.117. The molecule has 2 amide bonds. The highest BCUT2D eigenvalue weighted by molar-refractivity contribution is 5.97. The topological polar surface area (TPSA) is 49.9 Å². The normalized spacial score (nSPS) is 20.0. The zero-order chi connectivity index (χ0) is 18.6. The number of benzene rings is 2. The van der Waals surface area contributed by atoms with Crippen molar-refractivity contribution in [3.05, 3.63) is 60.2 Å². The second kappa shape index (κ2) is 7.82. The van der Waals surface area contributed by atoms with Gasteiger partial charge < -0.3 is 14.5 Å². The van der Waals surface area contributed by atoms with Gasteiger partial charge in [-0.05, 0) is 55.7 Å². The standard InChI is InChI=1S/C22H24N2O3/c25-21-9-5-15-24(21)18-12-10-17(11-13-18)22(26)23-14-4-8-20(16-23)27-19-6-2-1-3-7-19/h1-3,6-7,10-13,20H,4-5,8-9,14-16H2. The largest absolute Gasteiger partial charge is 0.489 e. The van der Waals surface area contributed by atoms with E-state index in [0.29, 0.717) is 18.5 Å². The Balaban J connectivity index is 1.40. The molecule has 2 heterocycles. The lowest BCUT2D eigenvalue weighted by Gasteiger charge is -2.33. The number of rotatable bonds is 4. The molecule has 2 aliphatic rings. The maximum absolute atomic E-state index is 12.9. The van der Waals surface area contributed by atoms with Crippen molar-refractivity contribution in [2.24, 2.45) is 0 Å². The first-order valence-corrected chi connectivity index (χ1v) is 9.62. The van der Waals surface area contributed by atoms with Crippen molar-refractivity contribution in [3.8, 4) is 5.75 Å². The number of ether oxygens (including phenoxy) is 1. The summed E-state index contributed by atoms with van der Waals surface area (Å²) in [6.07, 6.45) is 3.41. The van der Waals surface area contributed by atoms with Gasteiger partial charge in [-0.2, -0.15) is 0 Å². The Morgan fingerprint density at radius 1 is 0.963 bits per heavy atom. The molecule has 2 saturated heterocycles. The Kier molecular flexibility index (Phi) is 5.10. The molecule has 140 valence electrons. The minimum absolute atomic E-state index is 0.0200. The molecule has 2 aromatic carbocycles. The van der Waals surface area contributed by atoms with Crippen LogP contribution in [0.1, 0.15) is 36.0 Å². The maximum atomic E-state index is 12.9. The predicted molar refractivity (Wildman–Crippen MR) is 104 cm³/mol. The van der Waals surface area contributed by atoms with Crippen LogP contribution in [0.2, 0.25) is 0 Å². The molecule has 0 aromatic heterocycles. The number of nitrogens with zero attached hydrogens (tertiary/aromatic N) is 2. The van der Waals surface area contributed by atoms with E-state index in [-0.39, 0.29) is 17.9 Å². The summed E-state index contributed by atoms with van der Waals surface area (Å²) in [5.41, 5.74) is 1.53. The number of para-hydroxylation sites is 1. The van der Waals surface area contributed by atoms with Crippen LogP contribution in [-0.4, -0.2) is 42.5 Å². The Hall–Kier alpha value is -2.82. The number of carbonyl (C=O) groups excluding carboxylic acids is 2. The Morgan fingerprint density at radius 3 is 2.44 bits per heavy atom. The minimum atomic E-state index is 0.0200. The zero-order valence-corrected chi connectivity index (χ0v) is 15.3. The van der Waals surface area contributed by atoms with E-state index < -0.39 is 0 Å². The number of piperidine rings is 1. The lowest BCUT2D eigenvalue weighted by atomic mass is 10.1. The molecule has 0 aliphatic carbocycles. The molecule has 0 bridgehead atoms. The molecule has 0 saturated carbocycles. The van der Waals surface area contributed by atoms with Crippen molar-refractivity contribution < 1.29 is 14.3 Å². The van der Waals surface area contributed by atoms with Crippen LogP contribution >= 0.6 is 0 Å². The van der Waals surface area contributed by atoms with Crippen LogP contribution in [0.15, 0.2) is 54.6 Å². The molecule has 0 N–H and O–H groups in total. The number of anilines is 1. The molecule has 1 unspecified atom stereocenters. The van der Waals surface area contributed by atoms with Crippen molar-refractivity contribution in [2.75, 3.05) is 24.5 Å². The number of amides is 2. The Bertz CT molecular complexity index is 804. The van der Waals surface area contributed by atoms with Gasteiger partial charge in [0.2, 0.25) is 5.91 Å². The van der Waals surface area contributed by atoms with E-state index in [1.807, 2.05) is 59.5 Å². The third-order valence-electron chi connectivity index (χ3n) is 5.21. The smallest absolute Gasteiger partial charge is 0.253 e. The van der Waals surface area contributed by atoms with E-state index in [2.05, 4.69) is 0 Å². The highest BCUT2D eigenvalue weighted by Gasteiger charge is 2.26. The average Bonchev–Trinajstić information content (AvgIpc) is 3.14. The summed E-state index contributed by atoms with van der Waals surface area (Å²) in [6, 6.07) is 17.1. The zero-order valence-electron chi connectivity index (χ0n) is 15.3. The van der Waals surface area contributed by atoms with Gasteiger partial charge in [-0.15, -0.1) is 0 Å². The summed E-state index contributed by atoms with van der Waals surface area (Å²) in [7, 11) is 0. The van der Waals surface area contributed by atoms with E-state index in [0.717, 1.165) is 43.8 Å². The molecule has 1 atom stereocenters. The van der Waals surface area contributed by atoms with Crippen molar-refractivity contribution in [1.29, 1.82) is 0 Å². The van der Waals surface area contributed by atoms with Crippen LogP contribution < -0.4 is 9.64 Å². The monoisotopic (exact) mass is 364 g/mol. The third kappa shape index (κ3) is 3.97. The number of hydrogen-bond donors (Lipinski definition) is 0. The van der Waals surface area contributed by atoms with Gasteiger partial charge in [0.25, 0.3) is 5.91 Å². The van der Waals surface area contributed by atoms with Crippen molar-refractivity contribution in [2.45, 2.75) is 31.8 Å². The van der Waals surface area contributed by atoms with Crippen LogP contribution in [0.4, 0.5) is 5.69 Å². The second-order valence-corrected chi connectivity index (χ2v) is 7.14. The van der Waals surface area contributed by atoms with Crippen LogP contribution in [-0.2, 0) is 4.79 Å². The quantitative estimate of drug-likeness (QED) is 0.834. The summed E-state index contributed by atoms with van der Waals surface area (Å²) in [5, 5.41) is 0. The first-order valence-electron chi connectivity index (χ1n) is 9.62. The third-order valence-corrected chi connectivity index (χ3v) is 5.21. The Morgan fingerprint density at radius 2 is 1.74 bits per heavy atom. The molecule has 27 heavy (non-hydrogen) atoms. The summed E-state index contributed by atoms with van der Waals surface area (Å²) in [6.45, 7) is 2.11. The van der Waals surface area contributed by atoms with Crippen LogP contribution in [0.5, 0.6) is 5.75 Å². The van der Waals surface area contributed by atoms with E-state index >= 15 is 0 Å². The number of likely N-dealkylation sites (tertiary alicyclic amines) is 1. The summed E-state index contributed by atoms with van der Waals surface area (Å²) in [5.74, 6) is 1.03. The predicted octanol–water partition coefficient (Wildman–Crippen LogP) is 3.50. The van der Waals surface area contributed by atoms with Gasteiger partial charge in [0, 0.05) is 30.8 Å². The molecule has 2 aromatic rings. The van der Waals surface area contributed by atoms with Crippen LogP contribution in [0, 0.1) is 0 Å². The summed E-state index contributed by atoms with van der Waals surface area (Å²) in [4.78, 5) is 28.4. The van der Waals surface area contributed by atoms with Gasteiger partial charge in [0.1, 0.15) is 11.9 Å². The Labute approximate surface area is 159 Å². The summed E-state index contributed by atoms with van der Waals surface area (Å²) >= 11 is 0. The first-order chi connectivity index (χ1) is 13.2. The fourth-order valence-electron chi connectivity index (χ4n) is 3.80. The van der Waals surface area contributed by atoms with Crippen molar-refractivity contribution in [1.82, 2.24) is 4.90 Å². The fraction of sp³-hybridized carbons (Fsp3) is 0.364. The van der Waals surface area contributed by atoms with Gasteiger partial charge in [-0.25, -0.2) is 0 Å². The molecule has 5 heteroatoms. The van der Waals surface area contributed by atoms with Gasteiger partial charge in [0.05, 0.1) is 6.54 Å².